The molecule has 0 N–H and O–H groups in total. The number of hydrogen-bond acceptors (Lipinski definition) is 1. The molecule has 106 valence electrons. The molecule has 0 atom stereocenters. The van der Waals surface area contributed by atoms with Crippen LogP contribution in [0.15, 0.2) is 41.8 Å². The van der Waals surface area contributed by atoms with Gasteiger partial charge in [0.05, 0.1) is 5.69 Å². The molecule has 0 spiro atoms. The molecule has 0 bridgehead atoms. The molecular formula is C19H19NS. The smallest absolute Gasteiger partial charge is 0.0519 e. The van der Waals surface area contributed by atoms with Gasteiger partial charge >= 0.3 is 0 Å². The van der Waals surface area contributed by atoms with Crippen LogP contribution in [0, 0.1) is 0 Å². The quantitative estimate of drug-likeness (QED) is 0.682. The minimum atomic E-state index is 1.13. The zero-order valence-electron chi connectivity index (χ0n) is 12.4. The average molecular weight is 293 g/mol. The van der Waals surface area contributed by atoms with Crippen LogP contribution in [0.2, 0.25) is 0 Å². The fourth-order valence-electron chi connectivity index (χ4n) is 3.61. The van der Waals surface area contributed by atoms with E-state index >= 15 is 0 Å². The van der Waals surface area contributed by atoms with Crippen molar-refractivity contribution in [2.75, 3.05) is 5.75 Å². The fraction of sp³-hybridized carbons (Fsp3) is 0.263. The number of nitrogens with zero attached hydrogens (tertiary/aromatic N) is 1. The van der Waals surface area contributed by atoms with E-state index in [4.69, 9.17) is 0 Å². The minimum Gasteiger partial charge on any atom is -0.347 e. The number of rotatable bonds is 0. The van der Waals surface area contributed by atoms with Crippen molar-refractivity contribution >= 4 is 23.4 Å². The van der Waals surface area contributed by atoms with Crippen LogP contribution in [0.3, 0.4) is 0 Å². The third kappa shape index (κ3) is 1.93. The summed E-state index contributed by atoms with van der Waals surface area (Å²) in [6.45, 7) is 4.44. The predicted molar refractivity (Wildman–Crippen MR) is 91.8 cm³/mol. The summed E-state index contributed by atoms with van der Waals surface area (Å²) < 4.78 is 2.39. The Bertz CT molecular complexity index is 764. The molecule has 1 aliphatic carbocycles. The molecule has 2 heteroatoms. The lowest BCUT2D eigenvalue weighted by Crippen LogP contribution is -2.05. The summed E-state index contributed by atoms with van der Waals surface area (Å²) in [5.74, 6) is 1.14. The standard InChI is InChI=1S/C19H19NS/c1-13-14-7-4-6-10-18(14)21-12-11-16-15-8-3-5-9-17(15)20(2)19(13)16/h3-4,6-8,10H,1,5,9,11-12H2,2H3. The largest absolute Gasteiger partial charge is 0.347 e. The molecule has 1 aliphatic heterocycles. The van der Waals surface area contributed by atoms with Crippen LogP contribution in [0.5, 0.6) is 0 Å². The second kappa shape index (κ2) is 4.96. The predicted octanol–water partition coefficient (Wildman–Crippen LogP) is 4.69. The van der Waals surface area contributed by atoms with Crippen molar-refractivity contribution in [1.82, 2.24) is 4.57 Å². The minimum absolute atomic E-state index is 1.13. The molecular weight excluding hydrogens is 274 g/mol. The summed E-state index contributed by atoms with van der Waals surface area (Å²) in [6.07, 6.45) is 8.06. The van der Waals surface area contributed by atoms with Gasteiger partial charge in [-0.1, -0.05) is 36.9 Å². The van der Waals surface area contributed by atoms with Gasteiger partial charge in [-0.2, -0.15) is 0 Å². The monoisotopic (exact) mass is 293 g/mol. The van der Waals surface area contributed by atoms with Gasteiger partial charge in [-0.15, -0.1) is 11.8 Å². The maximum absolute atomic E-state index is 4.44. The van der Waals surface area contributed by atoms with E-state index in [1.807, 2.05) is 11.8 Å². The van der Waals surface area contributed by atoms with Crippen LogP contribution in [-0.2, 0) is 19.9 Å². The molecule has 0 saturated carbocycles. The van der Waals surface area contributed by atoms with E-state index in [-0.39, 0.29) is 0 Å². The molecule has 0 unspecified atom stereocenters. The van der Waals surface area contributed by atoms with E-state index in [1.54, 1.807) is 0 Å². The molecule has 21 heavy (non-hydrogen) atoms. The maximum Gasteiger partial charge on any atom is 0.0519 e. The molecule has 2 aromatic rings. The van der Waals surface area contributed by atoms with Crippen LogP contribution in [0.4, 0.5) is 0 Å². The van der Waals surface area contributed by atoms with E-state index in [0.29, 0.717) is 0 Å². The van der Waals surface area contributed by atoms with Crippen molar-refractivity contribution < 1.29 is 0 Å². The lowest BCUT2D eigenvalue weighted by atomic mass is 9.95. The van der Waals surface area contributed by atoms with Crippen molar-refractivity contribution in [3.8, 4) is 0 Å². The highest BCUT2D eigenvalue weighted by Crippen LogP contribution is 2.40. The summed E-state index contributed by atoms with van der Waals surface area (Å²) in [5, 5.41) is 0. The molecule has 0 saturated heterocycles. The molecule has 4 rings (SSSR count). The van der Waals surface area contributed by atoms with Crippen molar-refractivity contribution in [2.45, 2.75) is 24.2 Å². The third-order valence-corrected chi connectivity index (χ3v) is 5.68. The Morgan fingerprint density at radius 2 is 2.05 bits per heavy atom. The SMILES string of the molecule is C=C1c2ccccc2SCCc2c3c(n(C)c21)CCC=C3. The summed E-state index contributed by atoms with van der Waals surface area (Å²) in [6, 6.07) is 8.68. The first-order chi connectivity index (χ1) is 10.3. The summed E-state index contributed by atoms with van der Waals surface area (Å²) in [4.78, 5) is 1.36. The van der Waals surface area contributed by atoms with Gasteiger partial charge in [0.2, 0.25) is 0 Å². The van der Waals surface area contributed by atoms with Gasteiger partial charge in [-0.05, 0) is 47.6 Å². The molecule has 1 aromatic carbocycles. The molecule has 2 heterocycles. The third-order valence-electron chi connectivity index (χ3n) is 4.60. The summed E-state index contributed by atoms with van der Waals surface area (Å²) in [7, 11) is 2.21. The second-order valence-corrected chi connectivity index (χ2v) is 6.90. The Balaban J connectivity index is 1.97. The average Bonchev–Trinajstić information content (AvgIpc) is 2.78. The normalized spacial score (nSPS) is 16.7. The highest BCUT2D eigenvalue weighted by molar-refractivity contribution is 7.99. The van der Waals surface area contributed by atoms with E-state index in [2.05, 4.69) is 54.6 Å². The Morgan fingerprint density at radius 3 is 2.95 bits per heavy atom. The molecule has 1 aromatic heterocycles. The van der Waals surface area contributed by atoms with Crippen molar-refractivity contribution in [3.63, 3.8) is 0 Å². The summed E-state index contributed by atoms with van der Waals surface area (Å²) in [5.41, 5.74) is 8.26. The summed E-state index contributed by atoms with van der Waals surface area (Å²) >= 11 is 1.96. The van der Waals surface area contributed by atoms with Crippen LogP contribution < -0.4 is 0 Å². The zero-order chi connectivity index (χ0) is 14.4. The number of fused-ring (bicyclic) bond motifs is 4. The molecule has 0 fully saturated rings. The first-order valence-electron chi connectivity index (χ1n) is 7.56. The number of benzene rings is 1. The van der Waals surface area contributed by atoms with Crippen molar-refractivity contribution in [3.05, 3.63) is 65.0 Å². The van der Waals surface area contributed by atoms with Gasteiger partial charge in [0.15, 0.2) is 0 Å². The van der Waals surface area contributed by atoms with E-state index in [9.17, 15) is 0 Å². The first-order valence-corrected chi connectivity index (χ1v) is 8.54. The van der Waals surface area contributed by atoms with E-state index in [0.717, 1.165) is 25.0 Å². The van der Waals surface area contributed by atoms with Gasteiger partial charge in [-0.3, -0.25) is 0 Å². The maximum atomic E-state index is 4.44. The van der Waals surface area contributed by atoms with E-state index in [1.165, 1.54) is 38.5 Å². The van der Waals surface area contributed by atoms with Crippen molar-refractivity contribution in [1.29, 1.82) is 0 Å². The number of aromatic nitrogens is 1. The lowest BCUT2D eigenvalue weighted by molar-refractivity contribution is 0.794. The lowest BCUT2D eigenvalue weighted by Gasteiger charge is -2.18. The highest BCUT2D eigenvalue weighted by Gasteiger charge is 2.25. The number of allylic oxidation sites excluding steroid dienone is 1. The van der Waals surface area contributed by atoms with Gasteiger partial charge < -0.3 is 4.57 Å². The number of thioether (sulfide) groups is 1. The van der Waals surface area contributed by atoms with Crippen LogP contribution in [0.25, 0.3) is 11.6 Å². The van der Waals surface area contributed by atoms with Gasteiger partial charge in [0.1, 0.15) is 0 Å². The zero-order valence-corrected chi connectivity index (χ0v) is 13.2. The van der Waals surface area contributed by atoms with Crippen LogP contribution >= 0.6 is 11.8 Å². The van der Waals surface area contributed by atoms with Gasteiger partial charge in [-0.25, -0.2) is 0 Å². The Hall–Kier alpha value is -1.67. The second-order valence-electron chi connectivity index (χ2n) is 5.76. The topological polar surface area (TPSA) is 4.93 Å². The van der Waals surface area contributed by atoms with Gasteiger partial charge in [0.25, 0.3) is 0 Å². The molecule has 2 aliphatic rings. The highest BCUT2D eigenvalue weighted by atomic mass is 32.2. The van der Waals surface area contributed by atoms with E-state index < -0.39 is 0 Å². The Morgan fingerprint density at radius 1 is 1.19 bits per heavy atom. The van der Waals surface area contributed by atoms with Gasteiger partial charge in [0, 0.05) is 23.4 Å². The Kier molecular flexibility index (Phi) is 3.07. The molecule has 0 amide bonds. The number of hydrogen-bond donors (Lipinski definition) is 0. The fourth-order valence-corrected chi connectivity index (χ4v) is 4.66. The molecule has 1 nitrogen and oxygen atoms in total. The van der Waals surface area contributed by atoms with Crippen LogP contribution in [-0.4, -0.2) is 10.3 Å². The Labute approximate surface area is 130 Å². The first kappa shape index (κ1) is 13.0. The van der Waals surface area contributed by atoms with Crippen LogP contribution in [0.1, 0.15) is 34.5 Å². The van der Waals surface area contributed by atoms with Crippen molar-refractivity contribution in [2.24, 2.45) is 7.05 Å². The molecule has 0 radical (unpaired) electrons.